The molecule has 0 spiro atoms. The molecule has 0 aliphatic carbocycles. The molecule has 0 bridgehead atoms. The molecule has 0 N–H and O–H groups in total. The van der Waals surface area contributed by atoms with Crippen molar-refractivity contribution in [3.8, 4) is 0 Å². The van der Waals surface area contributed by atoms with Crippen molar-refractivity contribution in [3.05, 3.63) is 23.5 Å². The first-order valence-corrected chi connectivity index (χ1v) is 3.97. The van der Waals surface area contributed by atoms with Crippen molar-refractivity contribution in [3.63, 3.8) is 0 Å². The Balaban J connectivity index is 4.11. The topological polar surface area (TPSA) is 9.23 Å². The fraction of sp³-hybridized carbons (Fsp3) is 0.600. The van der Waals surface area contributed by atoms with Crippen LogP contribution in [0, 0.1) is 5.92 Å². The Morgan fingerprint density at radius 3 is 2.09 bits per heavy atom. The first-order chi connectivity index (χ1) is 5.07. The number of rotatable bonds is 3. The Morgan fingerprint density at radius 1 is 1.18 bits per heavy atom. The molecule has 0 saturated heterocycles. The summed E-state index contributed by atoms with van der Waals surface area (Å²) < 4.78 is 5.00. The second-order valence-corrected chi connectivity index (χ2v) is 3.05. The highest BCUT2D eigenvalue weighted by Crippen LogP contribution is 2.08. The van der Waals surface area contributed by atoms with E-state index in [0.717, 1.165) is 5.76 Å². The zero-order valence-corrected chi connectivity index (χ0v) is 8.14. The molecule has 0 fully saturated rings. The molecule has 0 rings (SSSR count). The molecule has 64 valence electrons. The van der Waals surface area contributed by atoms with Crippen LogP contribution in [0.3, 0.4) is 0 Å². The van der Waals surface area contributed by atoms with Gasteiger partial charge in [-0.1, -0.05) is 25.5 Å². The lowest BCUT2D eigenvalue weighted by Crippen LogP contribution is -1.87. The smallest absolute Gasteiger partial charge is 0.0924 e. The molecule has 0 aromatic rings. The van der Waals surface area contributed by atoms with Crippen LogP contribution in [0.25, 0.3) is 0 Å². The monoisotopic (exact) mass is 154 g/mol. The number of allylic oxidation sites excluding steroid dienone is 4. The zero-order valence-electron chi connectivity index (χ0n) is 8.14. The van der Waals surface area contributed by atoms with Crippen LogP contribution in [0.4, 0.5) is 0 Å². The van der Waals surface area contributed by atoms with Gasteiger partial charge in [-0.05, 0) is 25.8 Å². The van der Waals surface area contributed by atoms with E-state index in [4.69, 9.17) is 4.74 Å². The molecule has 11 heavy (non-hydrogen) atoms. The van der Waals surface area contributed by atoms with Crippen LogP contribution in [0.2, 0.25) is 0 Å². The van der Waals surface area contributed by atoms with Gasteiger partial charge < -0.3 is 4.74 Å². The Kier molecular flexibility index (Phi) is 4.67. The van der Waals surface area contributed by atoms with E-state index in [0.29, 0.717) is 5.92 Å². The van der Waals surface area contributed by atoms with Gasteiger partial charge in [0.05, 0.1) is 12.9 Å². The van der Waals surface area contributed by atoms with Crippen molar-refractivity contribution in [2.45, 2.75) is 27.7 Å². The van der Waals surface area contributed by atoms with Crippen LogP contribution < -0.4 is 0 Å². The predicted octanol–water partition coefficient (Wildman–Crippen LogP) is 3.14. The minimum Gasteiger partial charge on any atom is -0.501 e. The lowest BCUT2D eigenvalue weighted by molar-refractivity contribution is 0.293. The summed E-state index contributed by atoms with van der Waals surface area (Å²) in [4.78, 5) is 0. The molecular weight excluding hydrogens is 136 g/mol. The van der Waals surface area contributed by atoms with Crippen molar-refractivity contribution in [1.82, 2.24) is 0 Å². The largest absolute Gasteiger partial charge is 0.501 e. The summed E-state index contributed by atoms with van der Waals surface area (Å²) in [6, 6.07) is 0. The first-order valence-electron chi connectivity index (χ1n) is 3.97. The van der Waals surface area contributed by atoms with E-state index >= 15 is 0 Å². The zero-order chi connectivity index (χ0) is 8.85. The molecule has 0 atom stereocenters. The van der Waals surface area contributed by atoms with Crippen LogP contribution in [-0.2, 0) is 4.74 Å². The van der Waals surface area contributed by atoms with Crippen molar-refractivity contribution >= 4 is 0 Å². The molecule has 0 radical (unpaired) electrons. The third kappa shape index (κ3) is 4.65. The molecule has 0 saturated carbocycles. The normalized spacial score (nSPS) is 14.0. The summed E-state index contributed by atoms with van der Waals surface area (Å²) in [6.07, 6.45) is 4.10. The summed E-state index contributed by atoms with van der Waals surface area (Å²) in [5, 5.41) is 0. The fourth-order valence-electron chi connectivity index (χ4n) is 0.509. The highest BCUT2D eigenvalue weighted by molar-refractivity contribution is 5.13. The maximum absolute atomic E-state index is 5.00. The second-order valence-electron chi connectivity index (χ2n) is 3.05. The van der Waals surface area contributed by atoms with E-state index < -0.39 is 0 Å². The van der Waals surface area contributed by atoms with Gasteiger partial charge in [-0.2, -0.15) is 0 Å². The molecule has 0 amide bonds. The van der Waals surface area contributed by atoms with E-state index in [1.807, 2.05) is 13.0 Å². The average Bonchev–Trinajstić information content (AvgIpc) is 1.99. The second kappa shape index (κ2) is 5.00. The van der Waals surface area contributed by atoms with Crippen LogP contribution in [-0.4, -0.2) is 7.11 Å². The minimum absolute atomic E-state index is 0.621. The Morgan fingerprint density at radius 2 is 1.73 bits per heavy atom. The number of hydrogen-bond donors (Lipinski definition) is 0. The van der Waals surface area contributed by atoms with Crippen LogP contribution in [0.1, 0.15) is 27.7 Å². The molecule has 0 aromatic heterocycles. The lowest BCUT2D eigenvalue weighted by Gasteiger charge is -2.02. The summed E-state index contributed by atoms with van der Waals surface area (Å²) in [5.74, 6) is 1.57. The predicted molar refractivity (Wildman–Crippen MR) is 49.4 cm³/mol. The molecule has 0 aliphatic rings. The molecule has 0 unspecified atom stereocenters. The van der Waals surface area contributed by atoms with Crippen molar-refractivity contribution in [2.24, 2.45) is 5.92 Å². The maximum atomic E-state index is 5.00. The van der Waals surface area contributed by atoms with E-state index in [1.165, 1.54) is 5.57 Å². The van der Waals surface area contributed by atoms with Crippen LogP contribution >= 0.6 is 0 Å². The van der Waals surface area contributed by atoms with Crippen molar-refractivity contribution in [1.29, 1.82) is 0 Å². The Bertz CT molecular complexity index is 164. The SMILES string of the molecule is CO/C(C)=C/C=C(\C)C(C)C. The fourth-order valence-corrected chi connectivity index (χ4v) is 0.509. The molecule has 1 heteroatoms. The third-order valence-electron chi connectivity index (χ3n) is 1.81. The highest BCUT2D eigenvalue weighted by atomic mass is 16.5. The third-order valence-corrected chi connectivity index (χ3v) is 1.81. The molecule has 0 aromatic carbocycles. The van der Waals surface area contributed by atoms with E-state index in [-0.39, 0.29) is 0 Å². The van der Waals surface area contributed by atoms with Gasteiger partial charge in [0.2, 0.25) is 0 Å². The summed E-state index contributed by atoms with van der Waals surface area (Å²) >= 11 is 0. The number of ether oxygens (including phenoxy) is 1. The van der Waals surface area contributed by atoms with Gasteiger partial charge in [-0.15, -0.1) is 0 Å². The van der Waals surface area contributed by atoms with Gasteiger partial charge in [0, 0.05) is 0 Å². The molecule has 0 heterocycles. The molecular formula is C10H18O. The number of hydrogen-bond acceptors (Lipinski definition) is 1. The Hall–Kier alpha value is -0.720. The van der Waals surface area contributed by atoms with Gasteiger partial charge in [0.1, 0.15) is 0 Å². The molecule has 1 nitrogen and oxygen atoms in total. The first kappa shape index (κ1) is 10.3. The van der Waals surface area contributed by atoms with E-state index in [1.54, 1.807) is 7.11 Å². The Labute approximate surface area is 69.8 Å². The lowest BCUT2D eigenvalue weighted by atomic mass is 10.1. The standard InChI is InChI=1S/C10H18O/c1-8(2)9(3)6-7-10(4)11-5/h6-8H,1-5H3/b9-6+,10-7+. The quantitative estimate of drug-likeness (QED) is 0.448. The van der Waals surface area contributed by atoms with Crippen molar-refractivity contribution in [2.75, 3.05) is 7.11 Å². The van der Waals surface area contributed by atoms with Gasteiger partial charge in [0.25, 0.3) is 0 Å². The van der Waals surface area contributed by atoms with Crippen LogP contribution in [0.5, 0.6) is 0 Å². The summed E-state index contributed by atoms with van der Waals surface area (Å²) in [6.45, 7) is 8.44. The van der Waals surface area contributed by atoms with Gasteiger partial charge >= 0.3 is 0 Å². The highest BCUT2D eigenvalue weighted by Gasteiger charge is 1.93. The minimum atomic E-state index is 0.621. The molecule has 0 aliphatic heterocycles. The van der Waals surface area contributed by atoms with Crippen molar-refractivity contribution < 1.29 is 4.74 Å². The van der Waals surface area contributed by atoms with Gasteiger partial charge in [0.15, 0.2) is 0 Å². The summed E-state index contributed by atoms with van der Waals surface area (Å²) in [5.41, 5.74) is 1.38. The average molecular weight is 154 g/mol. The van der Waals surface area contributed by atoms with Gasteiger partial charge in [-0.3, -0.25) is 0 Å². The number of methoxy groups -OCH3 is 1. The van der Waals surface area contributed by atoms with Crippen LogP contribution in [0.15, 0.2) is 23.5 Å². The summed E-state index contributed by atoms with van der Waals surface area (Å²) in [7, 11) is 1.68. The van der Waals surface area contributed by atoms with Gasteiger partial charge in [-0.25, -0.2) is 0 Å². The maximum Gasteiger partial charge on any atom is 0.0924 e. The van der Waals surface area contributed by atoms with E-state index in [2.05, 4.69) is 26.8 Å². The van der Waals surface area contributed by atoms with E-state index in [9.17, 15) is 0 Å².